The lowest BCUT2D eigenvalue weighted by Gasteiger charge is -2.16. The lowest BCUT2D eigenvalue weighted by atomic mass is 10.0. The van der Waals surface area contributed by atoms with Crippen molar-refractivity contribution in [2.45, 2.75) is 25.8 Å². The number of ether oxygens (including phenoxy) is 1. The highest BCUT2D eigenvalue weighted by molar-refractivity contribution is 5.67. The largest absolute Gasteiger partial charge is 0.453 e. The van der Waals surface area contributed by atoms with E-state index in [2.05, 4.69) is 15.4 Å². The van der Waals surface area contributed by atoms with Crippen LogP contribution in [0.2, 0.25) is 0 Å². The molecule has 0 aromatic heterocycles. The van der Waals surface area contributed by atoms with Crippen LogP contribution in [0.15, 0.2) is 0 Å². The number of carbonyl (C=O) groups excluding carboxylic acids is 1. The molecular formula is C9H18N2O2. The van der Waals surface area contributed by atoms with E-state index in [-0.39, 0.29) is 12.1 Å². The quantitative estimate of drug-likeness (QED) is 0.683. The molecule has 1 amide bonds. The second kappa shape index (κ2) is 5.07. The van der Waals surface area contributed by atoms with E-state index >= 15 is 0 Å². The maximum Gasteiger partial charge on any atom is 0.407 e. The number of nitrogens with one attached hydrogen (secondary N) is 2. The van der Waals surface area contributed by atoms with E-state index in [4.69, 9.17) is 0 Å². The van der Waals surface area contributed by atoms with Gasteiger partial charge in [0, 0.05) is 6.04 Å². The Balaban J connectivity index is 2.16. The van der Waals surface area contributed by atoms with Gasteiger partial charge in [-0.15, -0.1) is 0 Å². The minimum Gasteiger partial charge on any atom is -0.453 e. The van der Waals surface area contributed by atoms with Gasteiger partial charge in [0.05, 0.1) is 7.11 Å². The fourth-order valence-corrected chi connectivity index (χ4v) is 1.73. The molecule has 0 aromatic rings. The monoisotopic (exact) mass is 186 g/mol. The molecule has 1 aliphatic rings. The van der Waals surface area contributed by atoms with Gasteiger partial charge in [-0.25, -0.2) is 4.79 Å². The molecule has 1 aliphatic heterocycles. The molecule has 2 atom stereocenters. The third kappa shape index (κ3) is 3.63. The maximum absolute atomic E-state index is 10.8. The average Bonchev–Trinajstić information content (AvgIpc) is 2.56. The van der Waals surface area contributed by atoms with Crippen molar-refractivity contribution in [3.63, 3.8) is 0 Å². The van der Waals surface area contributed by atoms with E-state index in [1.807, 2.05) is 6.92 Å². The molecule has 4 nitrogen and oxygen atoms in total. The first-order valence-corrected chi connectivity index (χ1v) is 4.77. The summed E-state index contributed by atoms with van der Waals surface area (Å²) in [7, 11) is 1.39. The number of hydrogen-bond acceptors (Lipinski definition) is 3. The number of methoxy groups -OCH3 is 1. The Labute approximate surface area is 79.0 Å². The van der Waals surface area contributed by atoms with E-state index in [0.29, 0.717) is 5.92 Å². The zero-order valence-corrected chi connectivity index (χ0v) is 8.30. The highest BCUT2D eigenvalue weighted by Crippen LogP contribution is 2.14. The van der Waals surface area contributed by atoms with Gasteiger partial charge in [-0.3, -0.25) is 0 Å². The summed E-state index contributed by atoms with van der Waals surface area (Å²) in [6.45, 7) is 4.19. The van der Waals surface area contributed by atoms with Gasteiger partial charge in [0.2, 0.25) is 0 Å². The number of rotatable bonds is 3. The molecule has 0 spiro atoms. The van der Waals surface area contributed by atoms with Crippen LogP contribution in [-0.2, 0) is 4.74 Å². The Bertz CT molecular complexity index is 167. The van der Waals surface area contributed by atoms with Gasteiger partial charge in [0.15, 0.2) is 0 Å². The average molecular weight is 186 g/mol. The molecule has 76 valence electrons. The Morgan fingerprint density at radius 1 is 1.77 bits per heavy atom. The van der Waals surface area contributed by atoms with E-state index in [1.54, 1.807) is 0 Å². The van der Waals surface area contributed by atoms with Crippen LogP contribution in [-0.4, -0.2) is 32.3 Å². The van der Waals surface area contributed by atoms with Gasteiger partial charge < -0.3 is 15.4 Å². The van der Waals surface area contributed by atoms with Crippen LogP contribution >= 0.6 is 0 Å². The van der Waals surface area contributed by atoms with E-state index in [0.717, 1.165) is 19.5 Å². The molecule has 0 bridgehead atoms. The molecule has 0 aliphatic carbocycles. The Morgan fingerprint density at radius 2 is 2.54 bits per heavy atom. The number of amides is 1. The van der Waals surface area contributed by atoms with Crippen LogP contribution in [0, 0.1) is 5.92 Å². The third-order valence-corrected chi connectivity index (χ3v) is 2.40. The Morgan fingerprint density at radius 3 is 3.08 bits per heavy atom. The second-order valence-electron chi connectivity index (χ2n) is 3.63. The molecule has 0 radical (unpaired) electrons. The summed E-state index contributed by atoms with van der Waals surface area (Å²) in [4.78, 5) is 10.8. The lowest BCUT2D eigenvalue weighted by molar-refractivity contribution is 0.166. The van der Waals surface area contributed by atoms with Crippen LogP contribution in [0.3, 0.4) is 0 Å². The summed E-state index contributed by atoms with van der Waals surface area (Å²) < 4.78 is 4.52. The van der Waals surface area contributed by atoms with Crippen LogP contribution in [0.4, 0.5) is 4.79 Å². The molecule has 1 fully saturated rings. The summed E-state index contributed by atoms with van der Waals surface area (Å²) >= 11 is 0. The predicted molar refractivity (Wildman–Crippen MR) is 50.6 cm³/mol. The molecule has 4 heteroatoms. The highest BCUT2D eigenvalue weighted by atomic mass is 16.5. The Hall–Kier alpha value is -0.770. The van der Waals surface area contributed by atoms with E-state index < -0.39 is 0 Å². The van der Waals surface area contributed by atoms with E-state index in [9.17, 15) is 4.79 Å². The number of alkyl carbamates (subject to hydrolysis) is 1. The third-order valence-electron chi connectivity index (χ3n) is 2.40. The van der Waals surface area contributed by atoms with Crippen molar-refractivity contribution in [1.82, 2.24) is 10.6 Å². The van der Waals surface area contributed by atoms with Gasteiger partial charge in [0.25, 0.3) is 0 Å². The smallest absolute Gasteiger partial charge is 0.407 e. The van der Waals surface area contributed by atoms with Crippen molar-refractivity contribution in [2.75, 3.05) is 20.2 Å². The summed E-state index contributed by atoms with van der Waals surface area (Å²) in [6.07, 6.45) is 1.91. The van der Waals surface area contributed by atoms with Crippen molar-refractivity contribution >= 4 is 6.09 Å². The summed E-state index contributed by atoms with van der Waals surface area (Å²) in [6, 6.07) is 0.206. The van der Waals surface area contributed by atoms with Crippen molar-refractivity contribution < 1.29 is 9.53 Å². The molecule has 1 rings (SSSR count). The molecular weight excluding hydrogens is 168 g/mol. The second-order valence-corrected chi connectivity index (χ2v) is 3.63. The van der Waals surface area contributed by atoms with E-state index in [1.165, 1.54) is 13.5 Å². The summed E-state index contributed by atoms with van der Waals surface area (Å²) in [5.41, 5.74) is 0. The molecule has 2 N–H and O–H groups in total. The van der Waals surface area contributed by atoms with Gasteiger partial charge in [-0.2, -0.15) is 0 Å². The SMILES string of the molecule is COC(=O)NC(C)CC1CCNC1. The number of carbonyl (C=O) groups is 1. The minimum absolute atomic E-state index is 0.206. The Kier molecular flexibility index (Phi) is 4.02. The molecule has 13 heavy (non-hydrogen) atoms. The first kappa shape index (κ1) is 10.3. The molecule has 1 saturated heterocycles. The summed E-state index contributed by atoms with van der Waals surface area (Å²) in [5, 5.41) is 6.07. The first-order valence-electron chi connectivity index (χ1n) is 4.77. The van der Waals surface area contributed by atoms with Crippen molar-refractivity contribution in [1.29, 1.82) is 0 Å². The van der Waals surface area contributed by atoms with Crippen LogP contribution in [0.5, 0.6) is 0 Å². The standard InChI is InChI=1S/C9H18N2O2/c1-7(11-9(12)13-2)5-8-3-4-10-6-8/h7-8,10H,3-6H2,1-2H3,(H,11,12). The molecule has 1 heterocycles. The molecule has 0 saturated carbocycles. The van der Waals surface area contributed by atoms with Gasteiger partial charge in [-0.1, -0.05) is 0 Å². The van der Waals surface area contributed by atoms with Crippen LogP contribution < -0.4 is 10.6 Å². The first-order chi connectivity index (χ1) is 6.22. The topological polar surface area (TPSA) is 50.4 Å². The van der Waals surface area contributed by atoms with Gasteiger partial charge >= 0.3 is 6.09 Å². The lowest BCUT2D eigenvalue weighted by Crippen LogP contribution is -2.34. The van der Waals surface area contributed by atoms with Crippen molar-refractivity contribution in [3.05, 3.63) is 0 Å². The maximum atomic E-state index is 10.8. The fraction of sp³-hybridized carbons (Fsp3) is 0.889. The van der Waals surface area contributed by atoms with Crippen LogP contribution in [0.1, 0.15) is 19.8 Å². The molecule has 0 aromatic carbocycles. The zero-order chi connectivity index (χ0) is 9.68. The zero-order valence-electron chi connectivity index (χ0n) is 8.30. The van der Waals surface area contributed by atoms with Crippen molar-refractivity contribution in [2.24, 2.45) is 5.92 Å². The summed E-state index contributed by atoms with van der Waals surface area (Å²) in [5.74, 6) is 0.701. The molecule has 2 unspecified atom stereocenters. The number of hydrogen-bond donors (Lipinski definition) is 2. The van der Waals surface area contributed by atoms with Crippen molar-refractivity contribution in [3.8, 4) is 0 Å². The fourth-order valence-electron chi connectivity index (χ4n) is 1.73. The van der Waals surface area contributed by atoms with Gasteiger partial charge in [0.1, 0.15) is 0 Å². The predicted octanol–water partition coefficient (Wildman–Crippen LogP) is 0.730. The van der Waals surface area contributed by atoms with Crippen LogP contribution in [0.25, 0.3) is 0 Å². The minimum atomic E-state index is -0.335. The normalized spacial score (nSPS) is 24.0. The van der Waals surface area contributed by atoms with Gasteiger partial charge in [-0.05, 0) is 38.8 Å². The highest BCUT2D eigenvalue weighted by Gasteiger charge is 2.18.